The first-order chi connectivity index (χ1) is 9.32. The van der Waals surface area contributed by atoms with Crippen LogP contribution in [-0.2, 0) is 20.6 Å². The molecule has 4 heteroatoms. The highest BCUT2D eigenvalue weighted by Crippen LogP contribution is 2.22. The lowest BCUT2D eigenvalue weighted by Gasteiger charge is -2.09. The molecule has 0 aliphatic rings. The molecule has 0 aromatic carbocycles. The van der Waals surface area contributed by atoms with Gasteiger partial charge in [-0.05, 0) is 6.92 Å². The maximum absolute atomic E-state index is 4.55. The van der Waals surface area contributed by atoms with Crippen LogP contribution in [0.5, 0.6) is 0 Å². The Morgan fingerprint density at radius 2 is 1.85 bits per heavy atom. The lowest BCUT2D eigenvalue weighted by atomic mass is 10.1. The molecular formula is C16H27N4+. The molecule has 0 amide bonds. The van der Waals surface area contributed by atoms with E-state index in [0.29, 0.717) is 11.8 Å². The minimum absolute atomic E-state index is 0.419. The van der Waals surface area contributed by atoms with Crippen LogP contribution in [0.2, 0.25) is 0 Å². The standard InChI is InChI=1S/C16H27N4/c1-11(2)16-14(5)20(10-19(16)7)8-12(3)15-13(4)18(6)9-17-15/h9-12H,8H2,1-7H3/q+1. The summed E-state index contributed by atoms with van der Waals surface area (Å²) in [5, 5.41) is 0. The average Bonchev–Trinajstić information content (AvgIpc) is 2.81. The van der Waals surface area contributed by atoms with Gasteiger partial charge in [0.05, 0.1) is 25.6 Å². The lowest BCUT2D eigenvalue weighted by Crippen LogP contribution is -2.31. The second kappa shape index (κ2) is 5.43. The first-order valence-electron chi connectivity index (χ1n) is 7.36. The monoisotopic (exact) mass is 275 g/mol. The van der Waals surface area contributed by atoms with Gasteiger partial charge in [-0.1, -0.05) is 20.8 Å². The Morgan fingerprint density at radius 3 is 2.30 bits per heavy atom. The Hall–Kier alpha value is -1.58. The normalized spacial score (nSPS) is 13.2. The average molecular weight is 275 g/mol. The van der Waals surface area contributed by atoms with Gasteiger partial charge in [0.2, 0.25) is 6.33 Å². The van der Waals surface area contributed by atoms with E-state index >= 15 is 0 Å². The quantitative estimate of drug-likeness (QED) is 0.788. The Balaban J connectivity index is 2.27. The molecule has 2 heterocycles. The SMILES string of the molecule is Cc1c(C(C)Cn2c[n+](C)c(C(C)C)c2C)ncn1C. The van der Waals surface area contributed by atoms with Crippen molar-refractivity contribution in [2.75, 3.05) is 0 Å². The fourth-order valence-corrected chi connectivity index (χ4v) is 3.14. The number of hydrogen-bond donors (Lipinski definition) is 0. The summed E-state index contributed by atoms with van der Waals surface area (Å²) in [7, 11) is 4.19. The second-order valence-electron chi connectivity index (χ2n) is 6.23. The van der Waals surface area contributed by atoms with Gasteiger partial charge in [-0.25, -0.2) is 14.1 Å². The minimum atomic E-state index is 0.419. The molecular weight excluding hydrogens is 248 g/mol. The molecule has 2 aromatic heterocycles. The first kappa shape index (κ1) is 14.8. The highest BCUT2D eigenvalue weighted by molar-refractivity contribution is 5.16. The third kappa shape index (κ3) is 2.51. The predicted octanol–water partition coefficient (Wildman–Crippen LogP) is 2.59. The van der Waals surface area contributed by atoms with Gasteiger partial charge in [0.15, 0.2) is 0 Å². The smallest absolute Gasteiger partial charge is 0.244 e. The van der Waals surface area contributed by atoms with E-state index in [2.05, 4.69) is 73.7 Å². The molecule has 0 radical (unpaired) electrons. The maximum atomic E-state index is 4.55. The van der Waals surface area contributed by atoms with Gasteiger partial charge >= 0.3 is 0 Å². The molecule has 0 bridgehead atoms. The van der Waals surface area contributed by atoms with E-state index in [4.69, 9.17) is 0 Å². The van der Waals surface area contributed by atoms with Crippen LogP contribution in [0.3, 0.4) is 0 Å². The van der Waals surface area contributed by atoms with Crippen LogP contribution in [0.1, 0.15) is 55.4 Å². The molecule has 1 unspecified atom stereocenters. The zero-order chi connectivity index (χ0) is 15.0. The Labute approximate surface area is 122 Å². The Bertz CT molecular complexity index is 604. The summed E-state index contributed by atoms with van der Waals surface area (Å²) in [5.41, 5.74) is 5.24. The van der Waals surface area contributed by atoms with Gasteiger partial charge < -0.3 is 4.57 Å². The molecule has 2 aromatic rings. The lowest BCUT2D eigenvalue weighted by molar-refractivity contribution is -0.679. The van der Waals surface area contributed by atoms with Crippen molar-refractivity contribution >= 4 is 0 Å². The minimum Gasteiger partial charge on any atom is -0.338 e. The molecule has 20 heavy (non-hydrogen) atoms. The van der Waals surface area contributed by atoms with Crippen molar-refractivity contribution in [1.82, 2.24) is 14.1 Å². The summed E-state index contributed by atoms with van der Waals surface area (Å²) in [5.74, 6) is 0.968. The molecule has 0 fully saturated rings. The van der Waals surface area contributed by atoms with Crippen LogP contribution in [0, 0.1) is 13.8 Å². The van der Waals surface area contributed by atoms with Gasteiger partial charge in [0.25, 0.3) is 0 Å². The van der Waals surface area contributed by atoms with E-state index in [1.165, 1.54) is 22.8 Å². The Kier molecular flexibility index (Phi) is 4.02. The van der Waals surface area contributed by atoms with Crippen molar-refractivity contribution in [2.24, 2.45) is 14.1 Å². The summed E-state index contributed by atoms with van der Waals surface area (Å²) in [6.07, 6.45) is 4.11. The predicted molar refractivity (Wildman–Crippen MR) is 80.8 cm³/mol. The van der Waals surface area contributed by atoms with Gasteiger partial charge in [0, 0.05) is 31.5 Å². The van der Waals surface area contributed by atoms with Crippen molar-refractivity contribution in [2.45, 2.75) is 53.0 Å². The summed E-state index contributed by atoms with van der Waals surface area (Å²) in [4.78, 5) is 4.55. The third-order valence-corrected chi connectivity index (χ3v) is 4.25. The van der Waals surface area contributed by atoms with Crippen LogP contribution >= 0.6 is 0 Å². The third-order valence-electron chi connectivity index (χ3n) is 4.25. The number of hydrogen-bond acceptors (Lipinski definition) is 1. The zero-order valence-electron chi connectivity index (χ0n) is 13.8. The molecule has 0 N–H and O–H groups in total. The highest BCUT2D eigenvalue weighted by atomic mass is 15.1. The molecule has 110 valence electrons. The van der Waals surface area contributed by atoms with Gasteiger partial charge in [-0.2, -0.15) is 0 Å². The van der Waals surface area contributed by atoms with Gasteiger partial charge in [-0.3, -0.25) is 0 Å². The van der Waals surface area contributed by atoms with Crippen molar-refractivity contribution in [3.63, 3.8) is 0 Å². The summed E-state index contributed by atoms with van der Waals surface area (Å²) < 4.78 is 6.69. The van der Waals surface area contributed by atoms with Gasteiger partial charge in [0.1, 0.15) is 11.4 Å². The topological polar surface area (TPSA) is 26.6 Å². The maximum Gasteiger partial charge on any atom is 0.244 e. The van der Waals surface area contributed by atoms with Crippen LogP contribution in [-0.4, -0.2) is 14.1 Å². The largest absolute Gasteiger partial charge is 0.338 e. The van der Waals surface area contributed by atoms with Crippen molar-refractivity contribution in [1.29, 1.82) is 0 Å². The fraction of sp³-hybridized carbons (Fsp3) is 0.625. The molecule has 4 nitrogen and oxygen atoms in total. The number of rotatable bonds is 4. The van der Waals surface area contributed by atoms with E-state index in [-0.39, 0.29) is 0 Å². The highest BCUT2D eigenvalue weighted by Gasteiger charge is 2.23. The summed E-state index contributed by atoms with van der Waals surface area (Å²) in [6, 6.07) is 0. The summed E-state index contributed by atoms with van der Waals surface area (Å²) in [6.45, 7) is 12.1. The molecule has 0 saturated carbocycles. The second-order valence-corrected chi connectivity index (χ2v) is 6.23. The molecule has 2 rings (SSSR count). The number of aryl methyl sites for hydroxylation is 2. The number of aromatic nitrogens is 4. The Morgan fingerprint density at radius 1 is 1.20 bits per heavy atom. The molecule has 0 saturated heterocycles. The number of imidazole rings is 2. The van der Waals surface area contributed by atoms with Crippen molar-refractivity contribution in [3.8, 4) is 0 Å². The molecule has 0 aliphatic carbocycles. The van der Waals surface area contributed by atoms with E-state index in [0.717, 1.165) is 6.54 Å². The van der Waals surface area contributed by atoms with Crippen LogP contribution in [0.4, 0.5) is 0 Å². The van der Waals surface area contributed by atoms with Crippen molar-refractivity contribution < 1.29 is 4.57 Å². The first-order valence-corrected chi connectivity index (χ1v) is 7.36. The van der Waals surface area contributed by atoms with Crippen LogP contribution < -0.4 is 4.57 Å². The van der Waals surface area contributed by atoms with E-state index in [1.807, 2.05) is 6.33 Å². The van der Waals surface area contributed by atoms with Gasteiger partial charge in [-0.15, -0.1) is 0 Å². The van der Waals surface area contributed by atoms with E-state index in [9.17, 15) is 0 Å². The number of nitrogens with zero attached hydrogens (tertiary/aromatic N) is 4. The van der Waals surface area contributed by atoms with E-state index in [1.54, 1.807) is 0 Å². The molecule has 0 aliphatic heterocycles. The van der Waals surface area contributed by atoms with Crippen LogP contribution in [0.15, 0.2) is 12.7 Å². The van der Waals surface area contributed by atoms with Crippen molar-refractivity contribution in [3.05, 3.63) is 35.4 Å². The van der Waals surface area contributed by atoms with E-state index < -0.39 is 0 Å². The summed E-state index contributed by atoms with van der Waals surface area (Å²) >= 11 is 0. The zero-order valence-corrected chi connectivity index (χ0v) is 13.8. The van der Waals surface area contributed by atoms with Crippen LogP contribution in [0.25, 0.3) is 0 Å². The molecule has 0 spiro atoms. The fourth-order valence-electron chi connectivity index (χ4n) is 3.14. The molecule has 1 atom stereocenters.